The summed E-state index contributed by atoms with van der Waals surface area (Å²) in [4.78, 5) is 36.8. The minimum atomic E-state index is -4.55. The number of thiophene rings is 1. The zero-order chi connectivity index (χ0) is 22.2. The smallest absolute Gasteiger partial charge is 0.390 e. The van der Waals surface area contributed by atoms with E-state index >= 15 is 0 Å². The van der Waals surface area contributed by atoms with Crippen molar-refractivity contribution in [2.24, 2.45) is 0 Å². The van der Waals surface area contributed by atoms with E-state index in [0.717, 1.165) is 9.13 Å². The second-order valence-corrected chi connectivity index (χ2v) is 7.64. The molecule has 0 aliphatic rings. The highest BCUT2D eigenvalue weighted by Gasteiger charge is 2.29. The Kier molecular flexibility index (Phi) is 5.84. The molecule has 160 valence electrons. The fourth-order valence-electron chi connectivity index (χ4n) is 3.16. The number of rotatable bonds is 6. The van der Waals surface area contributed by atoms with Crippen LogP contribution in [-0.4, -0.2) is 26.4 Å². The molecule has 0 saturated heterocycles. The van der Waals surface area contributed by atoms with Crippen molar-refractivity contribution in [2.45, 2.75) is 39.0 Å². The van der Waals surface area contributed by atoms with Crippen molar-refractivity contribution in [3.8, 4) is 0 Å². The number of nitrogens with zero attached hydrogens (tertiary/aromatic N) is 2. The molecular weight excluding hydrogens is 428 g/mol. The maximum absolute atomic E-state index is 13.9. The summed E-state index contributed by atoms with van der Waals surface area (Å²) in [6.45, 7) is 0.333. The molecule has 1 aromatic carbocycles. The highest BCUT2D eigenvalue weighted by Crippen LogP contribution is 2.29. The third-order valence-electron chi connectivity index (χ3n) is 4.67. The second-order valence-electron chi connectivity index (χ2n) is 6.64. The maximum atomic E-state index is 13.9. The van der Waals surface area contributed by atoms with Gasteiger partial charge in [-0.3, -0.25) is 13.9 Å². The molecule has 0 fully saturated rings. The van der Waals surface area contributed by atoms with Crippen molar-refractivity contribution >= 4 is 27.5 Å². The second kappa shape index (κ2) is 8.05. The minimum Gasteiger partial charge on any atom is -0.477 e. The van der Waals surface area contributed by atoms with Crippen LogP contribution in [0.25, 0.3) is 10.2 Å². The van der Waals surface area contributed by atoms with E-state index in [9.17, 15) is 37.1 Å². The lowest BCUT2D eigenvalue weighted by molar-refractivity contribution is -0.136. The molecule has 3 aromatic rings. The van der Waals surface area contributed by atoms with Crippen molar-refractivity contribution in [3.05, 3.63) is 66.9 Å². The van der Waals surface area contributed by atoms with Gasteiger partial charge >= 0.3 is 17.8 Å². The summed E-state index contributed by atoms with van der Waals surface area (Å²) in [5.74, 6) is -1.88. The first-order valence-electron chi connectivity index (χ1n) is 8.81. The molecule has 6 nitrogen and oxygen atoms in total. The number of benzene rings is 1. The van der Waals surface area contributed by atoms with E-state index in [4.69, 9.17) is 0 Å². The van der Waals surface area contributed by atoms with E-state index in [2.05, 4.69) is 0 Å². The van der Waals surface area contributed by atoms with Gasteiger partial charge in [0.25, 0.3) is 5.56 Å². The van der Waals surface area contributed by atoms with Crippen LogP contribution in [0.3, 0.4) is 0 Å². The highest BCUT2D eigenvalue weighted by molar-refractivity contribution is 7.20. The van der Waals surface area contributed by atoms with Gasteiger partial charge in [0, 0.05) is 13.1 Å². The van der Waals surface area contributed by atoms with Crippen molar-refractivity contribution in [1.82, 2.24) is 9.13 Å². The first kappa shape index (κ1) is 21.8. The molecule has 0 aliphatic carbocycles. The number of hydrogen-bond donors (Lipinski definition) is 1. The van der Waals surface area contributed by atoms with Crippen LogP contribution in [0.15, 0.2) is 33.9 Å². The molecular formula is C19H16F4N2O4S. The Hall–Kier alpha value is -2.95. The Labute approximate surface area is 170 Å². The van der Waals surface area contributed by atoms with Gasteiger partial charge in [0.05, 0.1) is 11.8 Å². The molecule has 2 aromatic heterocycles. The summed E-state index contributed by atoms with van der Waals surface area (Å²) < 4.78 is 53.7. The zero-order valence-electron chi connectivity index (χ0n) is 15.6. The summed E-state index contributed by atoms with van der Waals surface area (Å²) in [6, 6.07) is 5.74. The van der Waals surface area contributed by atoms with Crippen LogP contribution in [0.1, 0.15) is 27.2 Å². The number of carboxylic acid groups (broad SMARTS) is 1. The SMILES string of the molecule is Cc1c(C(=O)O)sc2c1c(=O)n(CCc1ccccc1F)c(=O)n2CCC(F)(F)F. The first-order valence-corrected chi connectivity index (χ1v) is 9.63. The van der Waals surface area contributed by atoms with E-state index in [0.29, 0.717) is 11.3 Å². The lowest BCUT2D eigenvalue weighted by Crippen LogP contribution is -2.40. The van der Waals surface area contributed by atoms with Crippen LogP contribution in [-0.2, 0) is 19.5 Å². The molecule has 2 heterocycles. The van der Waals surface area contributed by atoms with Gasteiger partial charge in [0.2, 0.25) is 0 Å². The Morgan fingerprint density at radius 1 is 1.13 bits per heavy atom. The molecule has 0 aliphatic heterocycles. The van der Waals surface area contributed by atoms with Crippen molar-refractivity contribution in [3.63, 3.8) is 0 Å². The van der Waals surface area contributed by atoms with Gasteiger partial charge in [-0.15, -0.1) is 11.3 Å². The van der Waals surface area contributed by atoms with Gasteiger partial charge in [-0.2, -0.15) is 13.2 Å². The van der Waals surface area contributed by atoms with Crippen LogP contribution < -0.4 is 11.2 Å². The van der Waals surface area contributed by atoms with Crippen molar-refractivity contribution in [2.75, 3.05) is 0 Å². The molecule has 0 bridgehead atoms. The van der Waals surface area contributed by atoms with E-state index in [1.807, 2.05) is 0 Å². The normalized spacial score (nSPS) is 11.9. The number of carboxylic acids is 1. The Morgan fingerprint density at radius 2 is 1.80 bits per heavy atom. The number of aromatic carboxylic acids is 1. The largest absolute Gasteiger partial charge is 0.477 e. The average molecular weight is 444 g/mol. The number of halogens is 4. The predicted molar refractivity (Wildman–Crippen MR) is 103 cm³/mol. The summed E-state index contributed by atoms with van der Waals surface area (Å²) in [6.07, 6.45) is -5.92. The first-order chi connectivity index (χ1) is 14.0. The van der Waals surface area contributed by atoms with Gasteiger partial charge < -0.3 is 5.11 Å². The molecule has 0 unspecified atom stereocenters. The van der Waals surface area contributed by atoms with Gasteiger partial charge in [-0.1, -0.05) is 18.2 Å². The Bertz CT molecular complexity index is 1240. The van der Waals surface area contributed by atoms with E-state index < -0.39 is 42.2 Å². The predicted octanol–water partition coefficient (Wildman–Crippen LogP) is 3.57. The fourth-order valence-corrected chi connectivity index (χ4v) is 4.32. The summed E-state index contributed by atoms with van der Waals surface area (Å²) >= 11 is 0.586. The minimum absolute atomic E-state index is 0.0401. The number of aromatic nitrogens is 2. The Morgan fingerprint density at radius 3 is 2.40 bits per heavy atom. The van der Waals surface area contributed by atoms with Gasteiger partial charge in [0.1, 0.15) is 15.5 Å². The van der Waals surface area contributed by atoms with Crippen LogP contribution in [0.5, 0.6) is 0 Å². The number of hydrogen-bond acceptors (Lipinski definition) is 4. The molecule has 0 spiro atoms. The molecule has 1 N–H and O–H groups in total. The zero-order valence-corrected chi connectivity index (χ0v) is 16.4. The van der Waals surface area contributed by atoms with Gasteiger partial charge in [-0.25, -0.2) is 14.0 Å². The summed E-state index contributed by atoms with van der Waals surface area (Å²) in [5.41, 5.74) is -1.49. The van der Waals surface area contributed by atoms with Crippen molar-refractivity contribution < 1.29 is 27.5 Å². The van der Waals surface area contributed by atoms with E-state index in [1.54, 1.807) is 6.07 Å². The molecule has 11 heteroatoms. The monoisotopic (exact) mass is 444 g/mol. The van der Waals surface area contributed by atoms with E-state index in [-0.39, 0.29) is 39.2 Å². The van der Waals surface area contributed by atoms with Gasteiger partial charge in [-0.05, 0) is 30.5 Å². The van der Waals surface area contributed by atoms with Crippen LogP contribution >= 0.6 is 11.3 Å². The number of carbonyl (C=O) groups is 1. The quantitative estimate of drug-likeness (QED) is 0.590. The molecule has 0 saturated carbocycles. The standard InChI is InChI=1S/C19H16F4N2O4S/c1-10-13-15(26)24(8-6-11-4-2-3-5-12(11)20)18(29)25(9-7-19(21,22)23)16(13)30-14(10)17(27)28/h2-5H,6-9H2,1H3,(H,27,28). The summed E-state index contributed by atoms with van der Waals surface area (Å²) in [5, 5.41) is 9.20. The number of fused-ring (bicyclic) bond motifs is 1. The topological polar surface area (TPSA) is 81.3 Å². The molecule has 3 rings (SSSR count). The molecule has 0 atom stereocenters. The molecule has 30 heavy (non-hydrogen) atoms. The lowest BCUT2D eigenvalue weighted by atomic mass is 10.1. The fraction of sp³-hybridized carbons (Fsp3) is 0.316. The average Bonchev–Trinajstić information content (AvgIpc) is 2.99. The lowest BCUT2D eigenvalue weighted by Gasteiger charge is -2.13. The van der Waals surface area contributed by atoms with E-state index in [1.165, 1.54) is 25.1 Å². The highest BCUT2D eigenvalue weighted by atomic mass is 32.1. The van der Waals surface area contributed by atoms with Crippen LogP contribution in [0.2, 0.25) is 0 Å². The number of aryl methyl sites for hydroxylation is 3. The maximum Gasteiger partial charge on any atom is 0.390 e. The van der Waals surface area contributed by atoms with Crippen molar-refractivity contribution in [1.29, 1.82) is 0 Å². The third kappa shape index (κ3) is 4.16. The summed E-state index contributed by atoms with van der Waals surface area (Å²) in [7, 11) is 0. The third-order valence-corrected chi connectivity index (χ3v) is 5.97. The van der Waals surface area contributed by atoms with Crippen LogP contribution in [0.4, 0.5) is 17.6 Å². The van der Waals surface area contributed by atoms with Gasteiger partial charge in [0.15, 0.2) is 0 Å². The van der Waals surface area contributed by atoms with Crippen LogP contribution in [0, 0.1) is 12.7 Å². The number of alkyl halides is 3. The molecule has 0 amide bonds. The molecule has 0 radical (unpaired) electrons. The Balaban J connectivity index is 2.18.